The molecule has 1 unspecified atom stereocenters. The zero-order chi connectivity index (χ0) is 8.27. The Morgan fingerprint density at radius 3 is 2.45 bits per heavy atom. The molecule has 11 heavy (non-hydrogen) atoms. The lowest BCUT2D eigenvalue weighted by atomic mass is 10.5. The molecule has 1 heterocycles. The van der Waals surface area contributed by atoms with Crippen molar-refractivity contribution in [2.24, 2.45) is 0 Å². The minimum Gasteiger partial charge on any atom is -0.379 e. The summed E-state index contributed by atoms with van der Waals surface area (Å²) in [5, 5.41) is 9.05. The second-order valence-electron chi connectivity index (χ2n) is 2.32. The molecule has 0 aromatic heterocycles. The summed E-state index contributed by atoms with van der Waals surface area (Å²) < 4.78 is 16.3. The standard InChI is InChI=1S/C6H13NO3S/c1-6(8)11(9)7-2-4-10-5-3-7/h8-9H,2-5H2,1H3. The van der Waals surface area contributed by atoms with Crippen LogP contribution in [0.2, 0.25) is 0 Å². The summed E-state index contributed by atoms with van der Waals surface area (Å²) in [6.45, 7) is 4.17. The van der Waals surface area contributed by atoms with Gasteiger partial charge in [-0.3, -0.25) is 0 Å². The van der Waals surface area contributed by atoms with E-state index in [-0.39, 0.29) is 5.05 Å². The highest BCUT2D eigenvalue weighted by Gasteiger charge is 2.13. The Morgan fingerprint density at radius 2 is 2.00 bits per heavy atom. The normalized spacial score (nSPS) is 24.8. The Labute approximate surface area is 68.7 Å². The molecule has 1 saturated heterocycles. The van der Waals surface area contributed by atoms with Crippen LogP contribution in [0.3, 0.4) is 0 Å². The van der Waals surface area contributed by atoms with Crippen molar-refractivity contribution in [3.8, 4) is 0 Å². The highest BCUT2D eigenvalue weighted by molar-refractivity contribution is 8.08. The molecule has 0 radical (unpaired) electrons. The topological polar surface area (TPSA) is 52.9 Å². The van der Waals surface area contributed by atoms with Crippen molar-refractivity contribution in [1.82, 2.24) is 4.31 Å². The van der Waals surface area contributed by atoms with Gasteiger partial charge < -0.3 is 14.4 Å². The van der Waals surface area contributed by atoms with Crippen molar-refractivity contribution in [1.29, 1.82) is 0 Å². The molecule has 66 valence electrons. The quantitative estimate of drug-likeness (QED) is 0.581. The molecule has 0 amide bonds. The molecule has 1 atom stereocenters. The summed E-state index contributed by atoms with van der Waals surface area (Å²) in [7, 11) is -1.08. The zero-order valence-electron chi connectivity index (χ0n) is 6.49. The number of rotatable bonds is 1. The van der Waals surface area contributed by atoms with Crippen molar-refractivity contribution in [2.75, 3.05) is 26.3 Å². The van der Waals surface area contributed by atoms with Crippen molar-refractivity contribution in [2.45, 2.75) is 6.92 Å². The second-order valence-corrected chi connectivity index (χ2v) is 3.96. The van der Waals surface area contributed by atoms with E-state index in [1.807, 2.05) is 0 Å². The molecule has 4 nitrogen and oxygen atoms in total. The molecule has 1 aliphatic heterocycles. The third-order valence-corrected chi connectivity index (χ3v) is 2.86. The van der Waals surface area contributed by atoms with E-state index < -0.39 is 11.0 Å². The van der Waals surface area contributed by atoms with Crippen LogP contribution in [0.1, 0.15) is 6.92 Å². The number of aliphatic hydroxyl groups excluding tert-OH is 1. The maximum Gasteiger partial charge on any atom is 0.109 e. The largest absolute Gasteiger partial charge is 0.379 e. The molecule has 0 aromatic carbocycles. The molecule has 1 rings (SSSR count). The molecule has 1 aliphatic rings. The first-order chi connectivity index (χ1) is 5.22. The maximum absolute atomic E-state index is 9.36. The van der Waals surface area contributed by atoms with Gasteiger partial charge in [0.25, 0.3) is 0 Å². The molecular formula is C6H13NO3S. The average Bonchev–Trinajstić information content (AvgIpc) is 2.05. The van der Waals surface area contributed by atoms with E-state index in [1.165, 1.54) is 6.92 Å². The summed E-state index contributed by atoms with van der Waals surface area (Å²) in [6.07, 6.45) is 0. The number of morpholine rings is 1. The number of hydrogen-bond acceptors (Lipinski definition) is 3. The number of aliphatic hydroxyl groups is 1. The fraction of sp³-hybridized carbons (Fsp3) is 0.833. The summed E-state index contributed by atoms with van der Waals surface area (Å²) in [4.78, 5) is 0. The van der Waals surface area contributed by atoms with Crippen LogP contribution in [-0.2, 0) is 4.74 Å². The van der Waals surface area contributed by atoms with Crippen LogP contribution < -0.4 is 0 Å². The third kappa shape index (κ3) is 2.53. The summed E-state index contributed by atoms with van der Waals surface area (Å²) in [5.41, 5.74) is 0. The van der Waals surface area contributed by atoms with Gasteiger partial charge in [-0.25, -0.2) is 4.31 Å². The van der Waals surface area contributed by atoms with Crippen LogP contribution in [0.4, 0.5) is 0 Å². The first kappa shape index (κ1) is 9.15. The first-order valence-electron chi connectivity index (χ1n) is 3.50. The van der Waals surface area contributed by atoms with Crippen molar-refractivity contribution in [3.63, 3.8) is 0 Å². The Hall–Kier alpha value is 0.0600. The predicted molar refractivity (Wildman–Crippen MR) is 45.9 cm³/mol. The molecule has 2 N–H and O–H groups in total. The molecular weight excluding hydrogens is 166 g/mol. The fourth-order valence-corrected chi connectivity index (χ4v) is 1.77. The second kappa shape index (κ2) is 4.18. The van der Waals surface area contributed by atoms with Crippen LogP contribution in [-0.4, -0.2) is 45.3 Å². The van der Waals surface area contributed by atoms with Gasteiger partial charge in [0.1, 0.15) is 5.05 Å². The van der Waals surface area contributed by atoms with Gasteiger partial charge in [-0.15, -0.1) is 0 Å². The average molecular weight is 179 g/mol. The first-order valence-corrected chi connectivity index (χ1v) is 4.64. The van der Waals surface area contributed by atoms with Gasteiger partial charge in [0.15, 0.2) is 0 Å². The van der Waals surface area contributed by atoms with E-state index in [9.17, 15) is 4.55 Å². The Bertz CT molecular complexity index is 161. The molecule has 0 saturated carbocycles. The smallest absolute Gasteiger partial charge is 0.109 e. The maximum atomic E-state index is 9.36. The molecule has 0 bridgehead atoms. The lowest BCUT2D eigenvalue weighted by molar-refractivity contribution is 0.0749. The van der Waals surface area contributed by atoms with Crippen molar-refractivity contribution in [3.05, 3.63) is 0 Å². The van der Waals surface area contributed by atoms with Crippen molar-refractivity contribution < 1.29 is 14.4 Å². The molecule has 5 heteroatoms. The highest BCUT2D eigenvalue weighted by Crippen LogP contribution is 2.16. The van der Waals surface area contributed by atoms with E-state index in [1.54, 1.807) is 4.31 Å². The van der Waals surface area contributed by atoms with Gasteiger partial charge in [0.05, 0.1) is 13.2 Å². The molecule has 0 aromatic rings. The van der Waals surface area contributed by atoms with E-state index in [0.29, 0.717) is 26.3 Å². The molecule has 1 fully saturated rings. The summed E-state index contributed by atoms with van der Waals surface area (Å²) in [5.74, 6) is 0. The van der Waals surface area contributed by atoms with Crippen LogP contribution in [0.15, 0.2) is 0 Å². The number of nitrogens with zero attached hydrogens (tertiary/aromatic N) is 1. The third-order valence-electron chi connectivity index (χ3n) is 1.48. The zero-order valence-corrected chi connectivity index (χ0v) is 7.30. The van der Waals surface area contributed by atoms with E-state index in [2.05, 4.69) is 0 Å². The highest BCUT2D eigenvalue weighted by atomic mass is 32.2. The van der Waals surface area contributed by atoms with Gasteiger partial charge in [-0.05, 0) is 6.92 Å². The Kier molecular flexibility index (Phi) is 3.47. The minimum absolute atomic E-state index is 0.0758. The van der Waals surface area contributed by atoms with Crippen LogP contribution in [0.5, 0.6) is 0 Å². The van der Waals surface area contributed by atoms with Gasteiger partial charge in [-0.2, -0.15) is 0 Å². The van der Waals surface area contributed by atoms with Gasteiger partial charge in [0, 0.05) is 24.0 Å². The number of hydrogen-bond donors (Lipinski definition) is 2. The van der Waals surface area contributed by atoms with Crippen LogP contribution in [0.25, 0.3) is 0 Å². The Morgan fingerprint density at radius 1 is 1.45 bits per heavy atom. The van der Waals surface area contributed by atoms with E-state index in [4.69, 9.17) is 9.84 Å². The Balaban J connectivity index is 2.52. The van der Waals surface area contributed by atoms with Crippen LogP contribution >= 0.6 is 11.0 Å². The fourth-order valence-electron chi connectivity index (χ4n) is 0.906. The van der Waals surface area contributed by atoms with Gasteiger partial charge in [0.2, 0.25) is 0 Å². The van der Waals surface area contributed by atoms with E-state index in [0.717, 1.165) is 0 Å². The summed E-state index contributed by atoms with van der Waals surface area (Å²) in [6, 6.07) is 0. The van der Waals surface area contributed by atoms with Gasteiger partial charge in [-0.1, -0.05) is 0 Å². The van der Waals surface area contributed by atoms with Crippen LogP contribution in [0, 0.1) is 0 Å². The van der Waals surface area contributed by atoms with E-state index >= 15 is 0 Å². The van der Waals surface area contributed by atoms with Gasteiger partial charge >= 0.3 is 0 Å². The lowest BCUT2D eigenvalue weighted by Gasteiger charge is -2.26. The molecule has 0 spiro atoms. The minimum atomic E-state index is -1.08. The number of ether oxygens (including phenoxy) is 1. The predicted octanol–water partition coefficient (Wildman–Crippen LogP) is 0.683. The monoisotopic (exact) mass is 179 g/mol. The van der Waals surface area contributed by atoms with Crippen molar-refractivity contribution >= 4 is 16.0 Å². The summed E-state index contributed by atoms with van der Waals surface area (Å²) >= 11 is 0. The molecule has 0 aliphatic carbocycles. The lowest BCUT2D eigenvalue weighted by Crippen LogP contribution is -2.33. The SMILES string of the molecule is C/C(O)=S(\O)N1CCOCC1.